The molecule has 1 spiro atoms. The maximum absolute atomic E-state index is 14.1. The molecule has 0 radical (unpaired) electrons. The molecule has 2 saturated heterocycles. The zero-order valence-corrected chi connectivity index (χ0v) is 20.8. The van der Waals surface area contributed by atoms with Crippen LogP contribution in [-0.2, 0) is 31.6 Å². The molecule has 10 heteroatoms. The van der Waals surface area contributed by atoms with Crippen molar-refractivity contribution in [3.05, 3.63) is 65.7 Å². The Bertz CT molecular complexity index is 1500. The first-order chi connectivity index (χ1) is 17.3. The van der Waals surface area contributed by atoms with Gasteiger partial charge in [0.2, 0.25) is 21.8 Å². The molecule has 186 valence electrons. The Morgan fingerprint density at radius 2 is 1.89 bits per heavy atom. The molecule has 3 aliphatic rings. The molecule has 2 aromatic heterocycles. The van der Waals surface area contributed by atoms with Gasteiger partial charge in [-0.05, 0) is 35.4 Å². The van der Waals surface area contributed by atoms with Crippen molar-refractivity contribution in [2.75, 3.05) is 30.8 Å². The Balaban J connectivity index is 1.40. The molecule has 6 rings (SSSR count). The third-order valence-corrected chi connectivity index (χ3v) is 9.22. The van der Waals surface area contributed by atoms with Crippen molar-refractivity contribution in [3.63, 3.8) is 0 Å². The van der Waals surface area contributed by atoms with E-state index in [1.807, 2.05) is 36.5 Å². The van der Waals surface area contributed by atoms with Crippen LogP contribution in [0.15, 0.2) is 48.9 Å². The maximum atomic E-state index is 14.1. The lowest BCUT2D eigenvalue weighted by Gasteiger charge is -2.37. The topological polar surface area (TPSA) is 113 Å². The maximum Gasteiger partial charge on any atom is 0.238 e. The van der Waals surface area contributed by atoms with E-state index in [-0.39, 0.29) is 24.3 Å². The predicted octanol–water partition coefficient (Wildman–Crippen LogP) is 2.07. The molecule has 3 aliphatic heterocycles. The highest BCUT2D eigenvalue weighted by molar-refractivity contribution is 7.88. The molecule has 2 amide bonds. The SMILES string of the molecule is CS(=O)(=O)N1CCC2(CC1)C(=O)N(Cc1ncc3ccccc3c1[C@@H]1CNC(=O)C1)c1cnccc12. The number of fused-ring (bicyclic) bond motifs is 3. The van der Waals surface area contributed by atoms with E-state index in [1.54, 1.807) is 17.3 Å². The van der Waals surface area contributed by atoms with Gasteiger partial charge in [-0.3, -0.25) is 19.6 Å². The van der Waals surface area contributed by atoms with Crippen molar-refractivity contribution in [3.8, 4) is 0 Å². The minimum absolute atomic E-state index is 0.0160. The molecule has 0 bridgehead atoms. The second-order valence-electron chi connectivity index (χ2n) is 9.94. The number of piperidine rings is 1. The fraction of sp³-hybridized carbons (Fsp3) is 0.385. The van der Waals surface area contributed by atoms with E-state index in [0.717, 1.165) is 33.3 Å². The fourth-order valence-corrected chi connectivity index (χ4v) is 6.94. The second-order valence-corrected chi connectivity index (χ2v) is 11.9. The Morgan fingerprint density at radius 1 is 1.11 bits per heavy atom. The summed E-state index contributed by atoms with van der Waals surface area (Å²) in [6, 6.07) is 9.87. The van der Waals surface area contributed by atoms with Crippen molar-refractivity contribution in [2.24, 2.45) is 0 Å². The number of rotatable bonds is 4. The number of carbonyl (C=O) groups is 2. The monoisotopic (exact) mass is 505 g/mol. The van der Waals surface area contributed by atoms with Crippen LogP contribution in [0.5, 0.6) is 0 Å². The number of aromatic nitrogens is 2. The quantitative estimate of drug-likeness (QED) is 0.581. The fourth-order valence-electron chi connectivity index (χ4n) is 6.10. The molecule has 0 saturated carbocycles. The summed E-state index contributed by atoms with van der Waals surface area (Å²) < 4.78 is 25.6. The van der Waals surface area contributed by atoms with Crippen LogP contribution in [0.1, 0.15) is 42.0 Å². The number of hydrogen-bond acceptors (Lipinski definition) is 6. The lowest BCUT2D eigenvalue weighted by Crippen LogP contribution is -2.49. The molecule has 1 N–H and O–H groups in total. The lowest BCUT2D eigenvalue weighted by molar-refractivity contribution is -0.124. The van der Waals surface area contributed by atoms with Crippen LogP contribution in [0.3, 0.4) is 0 Å². The number of anilines is 1. The molecule has 0 unspecified atom stereocenters. The van der Waals surface area contributed by atoms with Gasteiger partial charge in [0.1, 0.15) is 0 Å². The Hall–Kier alpha value is -3.37. The summed E-state index contributed by atoms with van der Waals surface area (Å²) in [5.41, 5.74) is 2.63. The Morgan fingerprint density at radius 3 is 2.61 bits per heavy atom. The van der Waals surface area contributed by atoms with Gasteiger partial charge in [0.05, 0.1) is 35.8 Å². The predicted molar refractivity (Wildman–Crippen MR) is 135 cm³/mol. The zero-order chi connectivity index (χ0) is 25.1. The number of carbonyl (C=O) groups excluding carboxylic acids is 2. The summed E-state index contributed by atoms with van der Waals surface area (Å²) in [7, 11) is -3.32. The number of nitrogens with one attached hydrogen (secondary N) is 1. The van der Waals surface area contributed by atoms with Crippen molar-refractivity contribution in [2.45, 2.75) is 37.1 Å². The first-order valence-corrected chi connectivity index (χ1v) is 14.0. The van der Waals surface area contributed by atoms with E-state index in [1.165, 1.54) is 10.6 Å². The largest absolute Gasteiger partial charge is 0.355 e. The van der Waals surface area contributed by atoms with E-state index < -0.39 is 15.4 Å². The zero-order valence-electron chi connectivity index (χ0n) is 20.0. The van der Waals surface area contributed by atoms with Gasteiger partial charge in [-0.2, -0.15) is 0 Å². The molecular formula is C26H27N5O4S. The van der Waals surface area contributed by atoms with Crippen LogP contribution in [0.25, 0.3) is 10.8 Å². The van der Waals surface area contributed by atoms with Crippen LogP contribution < -0.4 is 10.2 Å². The normalized spacial score (nSPS) is 21.8. The standard InChI is InChI=1S/C26H27N5O4S/c1-36(34,35)30-10-7-26(8-11-30)20-6-9-27-15-22(20)31(25(26)33)16-21-24(18-12-23(32)29-14-18)19-5-3-2-4-17(19)13-28-21/h2-6,9,13,15,18H,7-8,10-12,14,16H2,1H3,(H,29,32)/t18-/m0/s1. The molecule has 0 aliphatic carbocycles. The van der Waals surface area contributed by atoms with Crippen molar-refractivity contribution < 1.29 is 18.0 Å². The van der Waals surface area contributed by atoms with Crippen molar-refractivity contribution >= 4 is 38.3 Å². The number of hydrogen-bond donors (Lipinski definition) is 1. The second kappa shape index (κ2) is 8.35. The highest BCUT2D eigenvalue weighted by Crippen LogP contribution is 2.48. The van der Waals surface area contributed by atoms with Gasteiger partial charge in [0.15, 0.2) is 0 Å². The third kappa shape index (κ3) is 3.58. The Kier molecular flexibility index (Phi) is 5.34. The molecule has 1 aromatic carbocycles. The van der Waals surface area contributed by atoms with Crippen LogP contribution in [-0.4, -0.2) is 60.4 Å². The number of amides is 2. The van der Waals surface area contributed by atoms with E-state index in [0.29, 0.717) is 38.9 Å². The van der Waals surface area contributed by atoms with Gasteiger partial charge in [0, 0.05) is 49.8 Å². The minimum atomic E-state index is -3.32. The summed E-state index contributed by atoms with van der Waals surface area (Å²) in [6.07, 6.45) is 7.67. The van der Waals surface area contributed by atoms with Crippen LogP contribution in [0.2, 0.25) is 0 Å². The van der Waals surface area contributed by atoms with Crippen LogP contribution >= 0.6 is 0 Å². The molecular weight excluding hydrogens is 478 g/mol. The molecule has 2 fully saturated rings. The molecule has 3 aromatic rings. The molecule has 1 atom stereocenters. The summed E-state index contributed by atoms with van der Waals surface area (Å²) in [5.74, 6) is -0.0495. The highest BCUT2D eigenvalue weighted by atomic mass is 32.2. The number of pyridine rings is 2. The third-order valence-electron chi connectivity index (χ3n) is 7.92. The number of benzene rings is 1. The van der Waals surface area contributed by atoms with Gasteiger partial charge in [-0.25, -0.2) is 12.7 Å². The number of nitrogens with zero attached hydrogens (tertiary/aromatic N) is 4. The minimum Gasteiger partial charge on any atom is -0.355 e. The molecule has 36 heavy (non-hydrogen) atoms. The summed E-state index contributed by atoms with van der Waals surface area (Å²) in [6.45, 7) is 1.41. The first-order valence-electron chi connectivity index (χ1n) is 12.1. The summed E-state index contributed by atoms with van der Waals surface area (Å²) in [4.78, 5) is 37.0. The van der Waals surface area contributed by atoms with Crippen LogP contribution in [0.4, 0.5) is 5.69 Å². The van der Waals surface area contributed by atoms with E-state index in [2.05, 4.69) is 10.3 Å². The van der Waals surface area contributed by atoms with Crippen molar-refractivity contribution in [1.82, 2.24) is 19.6 Å². The number of sulfonamides is 1. The summed E-state index contributed by atoms with van der Waals surface area (Å²) in [5, 5.41) is 4.97. The summed E-state index contributed by atoms with van der Waals surface area (Å²) >= 11 is 0. The van der Waals surface area contributed by atoms with Gasteiger partial charge in [0.25, 0.3) is 0 Å². The lowest BCUT2D eigenvalue weighted by atomic mass is 9.74. The molecule has 5 heterocycles. The smallest absolute Gasteiger partial charge is 0.238 e. The van der Waals surface area contributed by atoms with E-state index in [9.17, 15) is 18.0 Å². The average Bonchev–Trinajstić information content (AvgIpc) is 3.39. The Labute approximate surface area is 209 Å². The van der Waals surface area contributed by atoms with Crippen molar-refractivity contribution in [1.29, 1.82) is 0 Å². The van der Waals surface area contributed by atoms with Gasteiger partial charge in [-0.1, -0.05) is 24.3 Å². The van der Waals surface area contributed by atoms with E-state index >= 15 is 0 Å². The highest BCUT2D eigenvalue weighted by Gasteiger charge is 2.53. The van der Waals surface area contributed by atoms with Gasteiger partial charge >= 0.3 is 0 Å². The first kappa shape index (κ1) is 23.1. The van der Waals surface area contributed by atoms with Gasteiger partial charge in [-0.15, -0.1) is 0 Å². The molecule has 9 nitrogen and oxygen atoms in total. The van der Waals surface area contributed by atoms with Gasteiger partial charge < -0.3 is 10.2 Å². The van der Waals surface area contributed by atoms with E-state index in [4.69, 9.17) is 4.98 Å². The van der Waals surface area contributed by atoms with Crippen LogP contribution in [0, 0.1) is 0 Å². The average molecular weight is 506 g/mol.